The fraction of sp³-hybridized carbons (Fsp3) is 0.0909. The van der Waals surface area contributed by atoms with Crippen molar-refractivity contribution in [3.8, 4) is 5.75 Å². The second-order valence-electron chi connectivity index (χ2n) is 6.43. The largest absolute Gasteiger partial charge is 0.487 e. The molecule has 0 fully saturated rings. The Bertz CT molecular complexity index is 1150. The van der Waals surface area contributed by atoms with Crippen molar-refractivity contribution >= 4 is 69.0 Å². The number of fused-ring (bicyclic) bond motifs is 1. The lowest BCUT2D eigenvalue weighted by atomic mass is 10.1. The van der Waals surface area contributed by atoms with Crippen LogP contribution in [0.25, 0.3) is 10.9 Å². The van der Waals surface area contributed by atoms with Crippen molar-refractivity contribution in [2.45, 2.75) is 13.5 Å². The summed E-state index contributed by atoms with van der Waals surface area (Å²) < 4.78 is 7.01. The van der Waals surface area contributed by atoms with Crippen LogP contribution in [0.15, 0.2) is 67.0 Å². The molecule has 0 unspecified atom stereocenters. The Morgan fingerprint density at radius 2 is 1.90 bits per heavy atom. The number of aryl methyl sites for hydroxylation is 1. The third kappa shape index (κ3) is 5.29. The van der Waals surface area contributed by atoms with Crippen LogP contribution >= 0.6 is 46.6 Å². The molecule has 0 bridgehead atoms. The number of halogens is 3. The fourth-order valence-corrected chi connectivity index (χ4v) is 3.65. The number of anilines is 2. The SMILES string of the molecule is Cc1cccc(COc2ccc(Nc3ncnc4ccc(I)cc34)cc2Cl)c1.Cl. The van der Waals surface area contributed by atoms with Crippen LogP contribution in [-0.4, -0.2) is 9.97 Å². The predicted octanol–water partition coefficient (Wildman–Crippen LogP) is 6.94. The molecule has 0 spiro atoms. The van der Waals surface area contributed by atoms with Gasteiger partial charge in [-0.15, -0.1) is 12.4 Å². The Hall–Kier alpha value is -2.09. The Morgan fingerprint density at radius 1 is 1.03 bits per heavy atom. The molecule has 4 nitrogen and oxygen atoms in total. The summed E-state index contributed by atoms with van der Waals surface area (Å²) >= 11 is 8.72. The Labute approximate surface area is 194 Å². The molecule has 0 saturated heterocycles. The van der Waals surface area contributed by atoms with Gasteiger partial charge in [0.25, 0.3) is 0 Å². The minimum absolute atomic E-state index is 0. The lowest BCUT2D eigenvalue weighted by Gasteiger charge is -2.12. The van der Waals surface area contributed by atoms with Gasteiger partial charge in [-0.05, 0) is 71.5 Å². The maximum atomic E-state index is 6.44. The van der Waals surface area contributed by atoms with Crippen LogP contribution in [0, 0.1) is 10.5 Å². The van der Waals surface area contributed by atoms with Gasteiger partial charge in [-0.1, -0.05) is 41.4 Å². The molecular formula is C22H18Cl2IN3O. The minimum atomic E-state index is 0. The average molecular weight is 538 g/mol. The normalized spacial score (nSPS) is 10.4. The van der Waals surface area contributed by atoms with Crippen LogP contribution in [0.2, 0.25) is 5.02 Å². The van der Waals surface area contributed by atoms with Crippen molar-refractivity contribution in [2.24, 2.45) is 0 Å². The van der Waals surface area contributed by atoms with Crippen molar-refractivity contribution < 1.29 is 4.74 Å². The van der Waals surface area contributed by atoms with Crippen molar-refractivity contribution in [1.82, 2.24) is 9.97 Å². The van der Waals surface area contributed by atoms with E-state index in [1.807, 2.05) is 42.5 Å². The molecule has 1 N–H and O–H groups in total. The van der Waals surface area contributed by atoms with Crippen LogP contribution < -0.4 is 10.1 Å². The van der Waals surface area contributed by atoms with Crippen molar-refractivity contribution in [3.63, 3.8) is 0 Å². The quantitative estimate of drug-likeness (QED) is 0.280. The Balaban J connectivity index is 0.00000240. The number of aromatic nitrogens is 2. The maximum absolute atomic E-state index is 6.44. The number of hydrogen-bond acceptors (Lipinski definition) is 4. The first kappa shape index (κ1) is 21.6. The van der Waals surface area contributed by atoms with Crippen molar-refractivity contribution in [1.29, 1.82) is 0 Å². The maximum Gasteiger partial charge on any atom is 0.141 e. The van der Waals surface area contributed by atoms with Crippen molar-refractivity contribution in [3.05, 3.63) is 86.7 Å². The molecule has 4 aromatic rings. The second-order valence-corrected chi connectivity index (χ2v) is 8.08. The molecule has 0 amide bonds. The van der Waals surface area contributed by atoms with E-state index in [9.17, 15) is 0 Å². The third-order valence-corrected chi connectivity index (χ3v) is 5.24. The summed E-state index contributed by atoms with van der Waals surface area (Å²) in [5.74, 6) is 1.39. The molecule has 0 atom stereocenters. The standard InChI is InChI=1S/C22H17ClIN3O.ClH/c1-14-3-2-4-15(9-14)12-28-21-8-6-17(11-19(21)23)27-22-18-10-16(24)5-7-20(18)25-13-26-22;/h2-11,13H,12H2,1H3,(H,25,26,27);1H. The summed E-state index contributed by atoms with van der Waals surface area (Å²) in [4.78, 5) is 8.69. The smallest absolute Gasteiger partial charge is 0.141 e. The van der Waals surface area contributed by atoms with E-state index in [1.165, 1.54) is 5.56 Å². The molecule has 3 aromatic carbocycles. The number of ether oxygens (including phenoxy) is 1. The van der Waals surface area contributed by atoms with Crippen LogP contribution in [0.5, 0.6) is 5.75 Å². The first-order valence-electron chi connectivity index (χ1n) is 8.74. The molecule has 4 rings (SSSR count). The Morgan fingerprint density at radius 3 is 2.69 bits per heavy atom. The zero-order valence-corrected chi connectivity index (χ0v) is 19.3. The molecule has 29 heavy (non-hydrogen) atoms. The highest BCUT2D eigenvalue weighted by molar-refractivity contribution is 14.1. The van der Waals surface area contributed by atoms with E-state index >= 15 is 0 Å². The van der Waals surface area contributed by atoms with E-state index in [0.717, 1.165) is 31.5 Å². The van der Waals surface area contributed by atoms with Gasteiger partial charge in [0.2, 0.25) is 0 Å². The van der Waals surface area contributed by atoms with Gasteiger partial charge in [-0.2, -0.15) is 0 Å². The van der Waals surface area contributed by atoms with E-state index in [4.69, 9.17) is 16.3 Å². The molecule has 0 aliphatic carbocycles. The van der Waals surface area contributed by atoms with Gasteiger partial charge in [0, 0.05) is 14.6 Å². The van der Waals surface area contributed by atoms with Crippen molar-refractivity contribution in [2.75, 3.05) is 5.32 Å². The lowest BCUT2D eigenvalue weighted by Crippen LogP contribution is -1.98. The summed E-state index contributed by atoms with van der Waals surface area (Å²) in [5.41, 5.74) is 4.05. The minimum Gasteiger partial charge on any atom is -0.487 e. The summed E-state index contributed by atoms with van der Waals surface area (Å²) in [5, 5.41) is 4.84. The highest BCUT2D eigenvalue weighted by atomic mass is 127. The van der Waals surface area contributed by atoms with Crippen LogP contribution in [0.4, 0.5) is 11.5 Å². The van der Waals surface area contributed by atoms with E-state index in [1.54, 1.807) is 6.33 Å². The number of benzene rings is 3. The van der Waals surface area contributed by atoms with Gasteiger partial charge < -0.3 is 10.1 Å². The van der Waals surface area contributed by atoms with Gasteiger partial charge >= 0.3 is 0 Å². The van der Waals surface area contributed by atoms with E-state index < -0.39 is 0 Å². The monoisotopic (exact) mass is 537 g/mol. The molecule has 7 heteroatoms. The van der Waals surface area contributed by atoms with E-state index in [0.29, 0.717) is 17.4 Å². The average Bonchev–Trinajstić information content (AvgIpc) is 2.68. The molecule has 0 aliphatic rings. The molecule has 1 heterocycles. The van der Waals surface area contributed by atoms with Gasteiger partial charge in [0.05, 0.1) is 10.5 Å². The first-order valence-corrected chi connectivity index (χ1v) is 10.2. The fourth-order valence-electron chi connectivity index (χ4n) is 2.92. The summed E-state index contributed by atoms with van der Waals surface area (Å²) in [6.07, 6.45) is 1.55. The molecule has 148 valence electrons. The molecule has 0 radical (unpaired) electrons. The van der Waals surface area contributed by atoms with Gasteiger partial charge in [0.15, 0.2) is 0 Å². The highest BCUT2D eigenvalue weighted by Crippen LogP contribution is 2.31. The molecule has 1 aromatic heterocycles. The molecule has 0 aliphatic heterocycles. The van der Waals surface area contributed by atoms with Gasteiger partial charge in [-0.3, -0.25) is 0 Å². The number of rotatable bonds is 5. The molecular weight excluding hydrogens is 520 g/mol. The zero-order valence-electron chi connectivity index (χ0n) is 15.5. The van der Waals surface area contributed by atoms with Crippen LogP contribution in [0.3, 0.4) is 0 Å². The zero-order chi connectivity index (χ0) is 19.5. The number of nitrogens with zero attached hydrogens (tertiary/aromatic N) is 2. The lowest BCUT2D eigenvalue weighted by molar-refractivity contribution is 0.306. The van der Waals surface area contributed by atoms with Crippen LogP contribution in [0.1, 0.15) is 11.1 Å². The van der Waals surface area contributed by atoms with E-state index in [2.05, 4.69) is 63.0 Å². The summed E-state index contributed by atoms with van der Waals surface area (Å²) in [6, 6.07) is 19.9. The van der Waals surface area contributed by atoms with Gasteiger partial charge in [0.1, 0.15) is 24.5 Å². The highest BCUT2D eigenvalue weighted by Gasteiger charge is 2.08. The van der Waals surface area contributed by atoms with Crippen LogP contribution in [-0.2, 0) is 6.61 Å². The summed E-state index contributed by atoms with van der Waals surface area (Å²) in [6.45, 7) is 2.54. The Kier molecular flexibility index (Phi) is 7.16. The predicted molar refractivity (Wildman–Crippen MR) is 130 cm³/mol. The van der Waals surface area contributed by atoms with Gasteiger partial charge in [-0.25, -0.2) is 9.97 Å². The number of hydrogen-bond donors (Lipinski definition) is 1. The number of nitrogens with one attached hydrogen (secondary N) is 1. The molecule has 0 saturated carbocycles. The first-order chi connectivity index (χ1) is 13.6. The topological polar surface area (TPSA) is 47.0 Å². The second kappa shape index (κ2) is 9.61. The van der Waals surface area contributed by atoms with E-state index in [-0.39, 0.29) is 12.4 Å². The summed E-state index contributed by atoms with van der Waals surface area (Å²) in [7, 11) is 0. The third-order valence-electron chi connectivity index (χ3n) is 4.27.